The van der Waals surface area contributed by atoms with E-state index < -0.39 is 0 Å². The fourth-order valence-electron chi connectivity index (χ4n) is 1.89. The molecule has 2 aromatic rings. The van der Waals surface area contributed by atoms with Gasteiger partial charge in [0.15, 0.2) is 0 Å². The number of likely N-dealkylation sites (N-methyl/N-ethyl adjacent to an activating group) is 1. The van der Waals surface area contributed by atoms with Crippen LogP contribution < -0.4 is 0 Å². The number of hydrogen-bond donors (Lipinski definition) is 0. The maximum atomic E-state index is 12.3. The minimum Gasteiger partial charge on any atom is -0.341 e. The topological polar surface area (TPSA) is 33.2 Å². The Morgan fingerprint density at radius 1 is 1.20 bits per heavy atom. The van der Waals surface area contributed by atoms with Gasteiger partial charge in [-0.3, -0.25) is 9.78 Å². The Balaban J connectivity index is 1.94. The molecule has 0 fully saturated rings. The fraction of sp³-hybridized carbons (Fsp3) is 0.250. The minimum absolute atomic E-state index is 0.0436. The summed E-state index contributed by atoms with van der Waals surface area (Å²) in [6, 6.07) is 13.5. The number of amides is 1. The summed E-state index contributed by atoms with van der Waals surface area (Å²) in [7, 11) is 1.82. The molecule has 0 saturated carbocycles. The lowest BCUT2D eigenvalue weighted by atomic mass is 10.1. The summed E-state index contributed by atoms with van der Waals surface area (Å²) < 4.78 is 0. The van der Waals surface area contributed by atoms with Gasteiger partial charge in [0.1, 0.15) is 0 Å². The third-order valence-electron chi connectivity index (χ3n) is 3.13. The van der Waals surface area contributed by atoms with Crippen molar-refractivity contribution in [2.24, 2.45) is 0 Å². The van der Waals surface area contributed by atoms with E-state index in [1.165, 1.54) is 0 Å². The molecule has 1 heterocycles. The van der Waals surface area contributed by atoms with Crippen LogP contribution in [0.2, 0.25) is 0 Å². The Morgan fingerprint density at radius 2 is 1.95 bits per heavy atom. The van der Waals surface area contributed by atoms with Crippen LogP contribution in [-0.2, 0) is 11.8 Å². The summed E-state index contributed by atoms with van der Waals surface area (Å²) in [5.74, 6) is 0.0436. The van der Waals surface area contributed by atoms with Gasteiger partial charge in [-0.2, -0.15) is 0 Å². The van der Waals surface area contributed by atoms with Crippen LogP contribution in [0.25, 0.3) is 0 Å². The molecule has 0 atom stereocenters. The van der Waals surface area contributed by atoms with Gasteiger partial charge in [0, 0.05) is 42.8 Å². The molecular formula is C16H17BrN2O. The minimum atomic E-state index is 0.0436. The van der Waals surface area contributed by atoms with Crippen LogP contribution in [0, 0.1) is 0 Å². The van der Waals surface area contributed by atoms with Crippen LogP contribution in [0.1, 0.15) is 21.6 Å². The van der Waals surface area contributed by atoms with Crippen molar-refractivity contribution in [3.05, 3.63) is 65.5 Å². The maximum absolute atomic E-state index is 12.3. The van der Waals surface area contributed by atoms with Crippen molar-refractivity contribution < 1.29 is 4.79 Å². The molecule has 20 heavy (non-hydrogen) atoms. The van der Waals surface area contributed by atoms with Crippen LogP contribution >= 0.6 is 15.9 Å². The Hall–Kier alpha value is -1.68. The predicted molar refractivity (Wildman–Crippen MR) is 84.0 cm³/mol. The predicted octanol–water partition coefficient (Wildman–Crippen LogP) is 3.29. The van der Waals surface area contributed by atoms with Crippen LogP contribution in [0.3, 0.4) is 0 Å². The first-order valence-electron chi connectivity index (χ1n) is 6.51. The largest absolute Gasteiger partial charge is 0.341 e. The average molecular weight is 333 g/mol. The lowest BCUT2D eigenvalue weighted by Gasteiger charge is -2.17. The molecule has 0 saturated heterocycles. The second-order valence-corrected chi connectivity index (χ2v) is 5.19. The van der Waals surface area contributed by atoms with E-state index >= 15 is 0 Å². The van der Waals surface area contributed by atoms with Crippen molar-refractivity contribution >= 4 is 21.8 Å². The Kier molecular flexibility index (Phi) is 5.30. The number of nitrogens with zero attached hydrogens (tertiary/aromatic N) is 2. The van der Waals surface area contributed by atoms with Crippen LogP contribution in [0.4, 0.5) is 0 Å². The zero-order valence-corrected chi connectivity index (χ0v) is 13.0. The fourth-order valence-corrected chi connectivity index (χ4v) is 2.26. The number of benzene rings is 1. The number of carbonyl (C=O) groups excluding carboxylic acids is 1. The molecule has 0 aliphatic heterocycles. The highest BCUT2D eigenvalue weighted by atomic mass is 79.9. The molecule has 0 N–H and O–H groups in total. The van der Waals surface area contributed by atoms with Crippen LogP contribution in [-0.4, -0.2) is 29.4 Å². The van der Waals surface area contributed by atoms with Gasteiger partial charge >= 0.3 is 0 Å². The number of carbonyl (C=O) groups is 1. The van der Waals surface area contributed by atoms with Gasteiger partial charge in [-0.05, 0) is 29.8 Å². The zero-order valence-electron chi connectivity index (χ0n) is 11.4. The summed E-state index contributed by atoms with van der Waals surface area (Å²) in [4.78, 5) is 18.3. The van der Waals surface area contributed by atoms with Gasteiger partial charge in [0.25, 0.3) is 5.91 Å². The van der Waals surface area contributed by atoms with E-state index in [4.69, 9.17) is 0 Å². The first kappa shape index (κ1) is 14.7. The summed E-state index contributed by atoms with van der Waals surface area (Å²) in [6.45, 7) is 0.663. The zero-order chi connectivity index (χ0) is 14.4. The maximum Gasteiger partial charge on any atom is 0.253 e. The molecule has 0 unspecified atom stereocenters. The van der Waals surface area contributed by atoms with E-state index in [0.717, 1.165) is 28.6 Å². The highest BCUT2D eigenvalue weighted by Gasteiger charge is 2.11. The average Bonchev–Trinajstić information content (AvgIpc) is 2.53. The first-order valence-corrected chi connectivity index (χ1v) is 7.63. The highest BCUT2D eigenvalue weighted by molar-refractivity contribution is 9.08. The third kappa shape index (κ3) is 3.90. The van der Waals surface area contributed by atoms with Gasteiger partial charge in [-0.1, -0.05) is 34.1 Å². The van der Waals surface area contributed by atoms with E-state index in [1.807, 2.05) is 49.5 Å². The van der Waals surface area contributed by atoms with Crippen molar-refractivity contribution in [1.29, 1.82) is 0 Å². The summed E-state index contributed by atoms with van der Waals surface area (Å²) in [5.41, 5.74) is 2.89. The summed E-state index contributed by atoms with van der Waals surface area (Å²) in [5, 5.41) is 0.803. The molecule has 0 spiro atoms. The lowest BCUT2D eigenvalue weighted by molar-refractivity contribution is 0.0796. The molecule has 0 aliphatic rings. The summed E-state index contributed by atoms with van der Waals surface area (Å²) >= 11 is 3.40. The second kappa shape index (κ2) is 7.20. The van der Waals surface area contributed by atoms with Crippen LogP contribution in [0.5, 0.6) is 0 Å². The number of halogens is 1. The molecule has 0 radical (unpaired) electrons. The van der Waals surface area contributed by atoms with E-state index in [1.54, 1.807) is 11.1 Å². The SMILES string of the molecule is CN(CCc1ccccn1)C(=O)c1ccc(CBr)cc1. The number of hydrogen-bond acceptors (Lipinski definition) is 2. The molecule has 104 valence electrons. The van der Waals surface area contributed by atoms with E-state index in [0.29, 0.717) is 6.54 Å². The van der Waals surface area contributed by atoms with Gasteiger partial charge in [0.05, 0.1) is 0 Å². The number of pyridine rings is 1. The molecule has 1 aromatic carbocycles. The lowest BCUT2D eigenvalue weighted by Crippen LogP contribution is -2.29. The summed E-state index contributed by atoms with van der Waals surface area (Å²) in [6.07, 6.45) is 2.54. The quantitative estimate of drug-likeness (QED) is 0.787. The van der Waals surface area contributed by atoms with Gasteiger partial charge in [0.2, 0.25) is 0 Å². The number of alkyl halides is 1. The molecule has 0 aliphatic carbocycles. The number of aromatic nitrogens is 1. The van der Waals surface area contributed by atoms with Crippen molar-refractivity contribution in [1.82, 2.24) is 9.88 Å². The van der Waals surface area contributed by atoms with Crippen molar-refractivity contribution in [2.75, 3.05) is 13.6 Å². The molecule has 1 amide bonds. The van der Waals surface area contributed by atoms with Gasteiger partial charge in [-0.15, -0.1) is 0 Å². The van der Waals surface area contributed by atoms with Gasteiger partial charge < -0.3 is 4.90 Å². The normalized spacial score (nSPS) is 10.3. The van der Waals surface area contributed by atoms with Crippen molar-refractivity contribution in [3.63, 3.8) is 0 Å². The van der Waals surface area contributed by atoms with Crippen molar-refractivity contribution in [2.45, 2.75) is 11.8 Å². The molecular weight excluding hydrogens is 316 g/mol. The van der Waals surface area contributed by atoms with Crippen LogP contribution in [0.15, 0.2) is 48.7 Å². The number of rotatable bonds is 5. The van der Waals surface area contributed by atoms with E-state index in [9.17, 15) is 4.79 Å². The molecule has 0 bridgehead atoms. The Morgan fingerprint density at radius 3 is 2.55 bits per heavy atom. The molecule has 3 nitrogen and oxygen atoms in total. The second-order valence-electron chi connectivity index (χ2n) is 4.63. The first-order chi connectivity index (χ1) is 9.70. The third-order valence-corrected chi connectivity index (χ3v) is 3.78. The smallest absolute Gasteiger partial charge is 0.253 e. The standard InChI is InChI=1S/C16H17BrN2O/c1-19(11-9-15-4-2-3-10-18-15)16(20)14-7-5-13(12-17)6-8-14/h2-8,10H,9,11-12H2,1H3. The molecule has 4 heteroatoms. The highest BCUT2D eigenvalue weighted by Crippen LogP contribution is 2.10. The Labute approximate surface area is 127 Å². The van der Waals surface area contributed by atoms with E-state index in [2.05, 4.69) is 20.9 Å². The molecule has 2 rings (SSSR count). The monoisotopic (exact) mass is 332 g/mol. The van der Waals surface area contributed by atoms with Gasteiger partial charge in [-0.25, -0.2) is 0 Å². The molecule has 1 aromatic heterocycles. The Bertz CT molecular complexity index is 554. The van der Waals surface area contributed by atoms with Crippen molar-refractivity contribution in [3.8, 4) is 0 Å². The van der Waals surface area contributed by atoms with E-state index in [-0.39, 0.29) is 5.91 Å².